The van der Waals surface area contributed by atoms with Crippen LogP contribution >= 0.6 is 11.3 Å². The van der Waals surface area contributed by atoms with Crippen LogP contribution in [-0.2, 0) is 11.3 Å². The Morgan fingerprint density at radius 1 is 0.943 bits per heavy atom. The molecule has 0 spiro atoms. The summed E-state index contributed by atoms with van der Waals surface area (Å²) >= 11 is 1.26. The van der Waals surface area contributed by atoms with Gasteiger partial charge in [-0.1, -0.05) is 48.5 Å². The van der Waals surface area contributed by atoms with Gasteiger partial charge in [-0.3, -0.25) is 14.2 Å². The highest BCUT2D eigenvalue weighted by Gasteiger charge is 2.31. The van der Waals surface area contributed by atoms with E-state index in [4.69, 9.17) is 10.5 Å². The lowest BCUT2D eigenvalue weighted by Gasteiger charge is -2.30. The van der Waals surface area contributed by atoms with Gasteiger partial charge in [-0.25, -0.2) is 4.79 Å². The first-order valence-corrected chi connectivity index (χ1v) is 12.3. The van der Waals surface area contributed by atoms with Crippen LogP contribution in [-0.4, -0.2) is 34.4 Å². The van der Waals surface area contributed by atoms with Gasteiger partial charge >= 0.3 is 6.09 Å². The molecular weight excluding hydrogens is 462 g/mol. The Morgan fingerprint density at radius 3 is 2.29 bits per heavy atom. The molecule has 0 radical (unpaired) electrons. The Hall–Kier alpha value is -3.91. The summed E-state index contributed by atoms with van der Waals surface area (Å²) < 4.78 is 7.02. The molecule has 1 saturated heterocycles. The second kappa shape index (κ2) is 9.76. The predicted molar refractivity (Wildman–Crippen MR) is 137 cm³/mol. The Kier molecular flexibility index (Phi) is 6.37. The number of piperidine rings is 1. The number of hydrogen-bond acceptors (Lipinski definition) is 6. The van der Waals surface area contributed by atoms with Gasteiger partial charge in [0.1, 0.15) is 11.4 Å². The molecule has 1 fully saturated rings. The van der Waals surface area contributed by atoms with Crippen molar-refractivity contribution in [3.63, 3.8) is 0 Å². The van der Waals surface area contributed by atoms with Crippen molar-refractivity contribution in [2.45, 2.75) is 19.4 Å². The van der Waals surface area contributed by atoms with Gasteiger partial charge in [-0.05, 0) is 36.6 Å². The number of thiophene rings is 1. The summed E-state index contributed by atoms with van der Waals surface area (Å²) in [4.78, 5) is 41.3. The van der Waals surface area contributed by atoms with Crippen molar-refractivity contribution in [3.05, 3.63) is 93.6 Å². The summed E-state index contributed by atoms with van der Waals surface area (Å²) in [7, 11) is 0. The number of likely N-dealkylation sites (tertiary alicyclic amines) is 1. The third-order valence-electron chi connectivity index (χ3n) is 6.35. The van der Waals surface area contributed by atoms with Crippen molar-refractivity contribution in [2.24, 2.45) is 5.92 Å². The van der Waals surface area contributed by atoms with Crippen molar-refractivity contribution in [1.82, 2.24) is 9.47 Å². The van der Waals surface area contributed by atoms with Crippen molar-refractivity contribution >= 4 is 39.1 Å². The molecule has 0 aliphatic carbocycles. The Balaban J connectivity index is 1.30. The quantitative estimate of drug-likeness (QED) is 0.406. The number of amides is 1. The van der Waals surface area contributed by atoms with Crippen LogP contribution in [0.15, 0.2) is 77.6 Å². The second-order valence-corrected chi connectivity index (χ2v) is 9.57. The van der Waals surface area contributed by atoms with E-state index >= 15 is 0 Å². The summed E-state index contributed by atoms with van der Waals surface area (Å²) in [6.07, 6.45) is 0.713. The number of nitrogen functional groups attached to an aromatic ring is 1. The van der Waals surface area contributed by atoms with E-state index in [0.717, 1.165) is 11.3 Å². The molecule has 1 aliphatic heterocycles. The first kappa shape index (κ1) is 22.9. The average molecular weight is 488 g/mol. The number of ketones is 1. The smallest absolute Gasteiger partial charge is 0.410 e. The summed E-state index contributed by atoms with van der Waals surface area (Å²) in [5.41, 5.74) is 8.29. The Morgan fingerprint density at radius 2 is 1.60 bits per heavy atom. The number of aromatic nitrogens is 1. The van der Waals surface area contributed by atoms with Gasteiger partial charge in [-0.15, -0.1) is 11.3 Å². The van der Waals surface area contributed by atoms with Crippen LogP contribution in [0, 0.1) is 5.92 Å². The Labute approximate surface area is 206 Å². The molecule has 1 aliphatic rings. The number of Topliss-reactive ketones (excluding diaryl/α,β-unsaturated/α-hetero) is 1. The fourth-order valence-corrected chi connectivity index (χ4v) is 5.68. The van der Waals surface area contributed by atoms with Crippen molar-refractivity contribution in [3.8, 4) is 5.69 Å². The predicted octanol–water partition coefficient (Wildman–Crippen LogP) is 4.87. The van der Waals surface area contributed by atoms with Crippen molar-refractivity contribution in [2.75, 3.05) is 18.8 Å². The number of hydrogen-bond donors (Lipinski definition) is 1. The highest BCUT2D eigenvalue weighted by Crippen LogP contribution is 2.37. The van der Waals surface area contributed by atoms with E-state index < -0.39 is 0 Å². The summed E-state index contributed by atoms with van der Waals surface area (Å²) in [5.74, 6) is -0.270. The summed E-state index contributed by atoms with van der Waals surface area (Å²) in [5, 5.41) is 0.698. The normalized spacial score (nSPS) is 14.2. The average Bonchev–Trinajstić information content (AvgIpc) is 3.24. The highest BCUT2D eigenvalue weighted by atomic mass is 32.1. The lowest BCUT2D eigenvalue weighted by Crippen LogP contribution is -2.40. The van der Waals surface area contributed by atoms with Crippen LogP contribution in [0.2, 0.25) is 0 Å². The highest BCUT2D eigenvalue weighted by molar-refractivity contribution is 7.21. The molecule has 0 saturated carbocycles. The molecule has 5 rings (SSSR count). The van der Waals surface area contributed by atoms with Crippen molar-refractivity contribution < 1.29 is 14.3 Å². The van der Waals surface area contributed by atoms with Crippen LogP contribution in [0.4, 0.5) is 10.5 Å². The minimum absolute atomic E-state index is 0.0342. The molecule has 2 aromatic carbocycles. The summed E-state index contributed by atoms with van der Waals surface area (Å²) in [6, 6.07) is 22.0. The molecule has 7 nitrogen and oxygen atoms in total. The largest absolute Gasteiger partial charge is 0.445 e. The third-order valence-corrected chi connectivity index (χ3v) is 7.57. The van der Waals surface area contributed by atoms with Gasteiger partial charge in [0.25, 0.3) is 5.56 Å². The molecule has 8 heteroatoms. The van der Waals surface area contributed by atoms with Crippen LogP contribution in [0.5, 0.6) is 0 Å². The van der Waals surface area contributed by atoms with Gasteiger partial charge in [0.2, 0.25) is 0 Å². The lowest BCUT2D eigenvalue weighted by atomic mass is 9.91. The fraction of sp³-hybridized carbons (Fsp3) is 0.222. The number of nitrogens with zero attached hydrogens (tertiary/aromatic N) is 2. The first-order valence-electron chi connectivity index (χ1n) is 11.5. The summed E-state index contributed by atoms with van der Waals surface area (Å²) in [6.45, 7) is 1.12. The maximum atomic E-state index is 13.4. The van der Waals surface area contributed by atoms with Gasteiger partial charge in [-0.2, -0.15) is 0 Å². The molecule has 2 aromatic heterocycles. The van der Waals surface area contributed by atoms with E-state index in [2.05, 4.69) is 0 Å². The van der Waals surface area contributed by atoms with E-state index in [9.17, 15) is 14.4 Å². The second-order valence-electron chi connectivity index (χ2n) is 8.57. The number of ether oxygens (including phenoxy) is 1. The minimum Gasteiger partial charge on any atom is -0.445 e. The van der Waals surface area contributed by atoms with Crippen molar-refractivity contribution in [1.29, 1.82) is 0 Å². The van der Waals surface area contributed by atoms with Gasteiger partial charge < -0.3 is 15.4 Å². The van der Waals surface area contributed by atoms with Gasteiger partial charge in [0, 0.05) is 30.5 Å². The number of pyridine rings is 1. The van der Waals surface area contributed by atoms with Gasteiger partial charge in [0.05, 0.1) is 16.3 Å². The molecule has 0 atom stereocenters. The van der Waals surface area contributed by atoms with Gasteiger partial charge in [0.15, 0.2) is 5.78 Å². The van der Waals surface area contributed by atoms with Crippen LogP contribution in [0.3, 0.4) is 0 Å². The Bertz CT molecular complexity index is 1420. The zero-order valence-corrected chi connectivity index (χ0v) is 19.9. The zero-order valence-electron chi connectivity index (χ0n) is 19.1. The minimum atomic E-state index is -0.368. The SMILES string of the molecule is Nc1c(C(=O)C2CCN(C(=O)OCc3ccccc3)CC2)sc2c1ccc(=O)n2-c1ccccc1. The van der Waals surface area contributed by atoms with E-state index in [0.29, 0.717) is 46.7 Å². The molecule has 1 amide bonds. The molecular formula is C27H25N3O4S. The number of benzene rings is 2. The molecule has 0 bridgehead atoms. The number of nitrogens with two attached hydrogens (primary N) is 1. The number of carbonyl (C=O) groups excluding carboxylic acids is 2. The first-order chi connectivity index (χ1) is 17.0. The maximum absolute atomic E-state index is 13.4. The number of para-hydroxylation sites is 1. The number of carbonyl (C=O) groups is 2. The van der Waals surface area contributed by atoms with Crippen LogP contribution in [0.1, 0.15) is 28.1 Å². The van der Waals surface area contributed by atoms with E-state index in [1.54, 1.807) is 15.5 Å². The fourth-order valence-electron chi connectivity index (χ4n) is 4.43. The van der Waals surface area contributed by atoms with Crippen LogP contribution < -0.4 is 11.3 Å². The maximum Gasteiger partial charge on any atom is 0.410 e. The zero-order chi connectivity index (χ0) is 24.4. The number of anilines is 1. The standard InChI is InChI=1S/C27H25N3O4S/c28-23-21-11-12-22(31)30(20-9-5-2-6-10-20)26(21)35-25(23)24(32)19-13-15-29(16-14-19)27(33)34-17-18-7-3-1-4-8-18/h1-12,19H,13-17,28H2. The lowest BCUT2D eigenvalue weighted by molar-refractivity contribution is 0.0716. The number of rotatable bonds is 5. The van der Waals surface area contributed by atoms with E-state index in [1.807, 2.05) is 60.7 Å². The topological polar surface area (TPSA) is 94.6 Å². The van der Waals surface area contributed by atoms with E-state index in [-0.39, 0.29) is 30.0 Å². The third kappa shape index (κ3) is 4.57. The number of fused-ring (bicyclic) bond motifs is 1. The molecule has 3 heterocycles. The van der Waals surface area contributed by atoms with Crippen LogP contribution in [0.25, 0.3) is 15.9 Å². The molecule has 0 unspecified atom stereocenters. The molecule has 2 N–H and O–H groups in total. The van der Waals surface area contributed by atoms with E-state index in [1.165, 1.54) is 17.4 Å². The molecule has 178 valence electrons. The monoisotopic (exact) mass is 487 g/mol. The molecule has 35 heavy (non-hydrogen) atoms. The molecule has 4 aromatic rings.